The summed E-state index contributed by atoms with van der Waals surface area (Å²) in [6.07, 6.45) is 5.49. The number of carbonyl (C=O) groups excluding carboxylic acids is 3. The topological polar surface area (TPSA) is 159 Å². The van der Waals surface area contributed by atoms with E-state index in [0.29, 0.717) is 42.9 Å². The third-order valence-electron chi connectivity index (χ3n) is 6.67. The van der Waals surface area contributed by atoms with Crippen LogP contribution in [-0.2, 0) is 27.3 Å². The molecule has 0 unspecified atom stereocenters. The summed E-state index contributed by atoms with van der Waals surface area (Å²) in [5.41, 5.74) is 14.3. The lowest BCUT2D eigenvalue weighted by Crippen LogP contribution is -2.40. The fraction of sp³-hybridized carbons (Fsp3) is 0.448. The van der Waals surface area contributed by atoms with Gasteiger partial charge in [0, 0.05) is 18.7 Å². The van der Waals surface area contributed by atoms with Gasteiger partial charge in [-0.2, -0.15) is 0 Å². The molecular formula is C29H39N5O5. The Bertz CT molecular complexity index is 1170. The molecule has 10 heteroatoms. The number of anilines is 2. The van der Waals surface area contributed by atoms with Crippen molar-refractivity contribution in [1.29, 1.82) is 0 Å². The number of rotatable bonds is 15. The number of unbranched alkanes of at least 4 members (excludes halogenated alkanes) is 3. The predicted octanol–water partition coefficient (Wildman–Crippen LogP) is 2.89. The summed E-state index contributed by atoms with van der Waals surface area (Å²) in [7, 11) is 0. The predicted molar refractivity (Wildman–Crippen MR) is 150 cm³/mol. The smallest absolute Gasteiger partial charge is 0.305 e. The van der Waals surface area contributed by atoms with Crippen molar-refractivity contribution in [3.8, 4) is 0 Å². The van der Waals surface area contributed by atoms with E-state index in [-0.39, 0.29) is 43.8 Å². The minimum absolute atomic E-state index is 0.0547. The van der Waals surface area contributed by atoms with Crippen LogP contribution in [0.25, 0.3) is 0 Å². The van der Waals surface area contributed by atoms with E-state index in [4.69, 9.17) is 11.5 Å². The number of benzene rings is 2. The van der Waals surface area contributed by atoms with Crippen LogP contribution in [0.4, 0.5) is 11.4 Å². The molecule has 2 aromatic rings. The number of carboxylic acid groups (broad SMARTS) is 1. The van der Waals surface area contributed by atoms with Crippen molar-refractivity contribution in [3.63, 3.8) is 0 Å². The number of nitrogens with one attached hydrogen (secondary N) is 1. The fourth-order valence-electron chi connectivity index (χ4n) is 4.60. The lowest BCUT2D eigenvalue weighted by molar-refractivity contribution is -0.137. The van der Waals surface area contributed by atoms with Crippen molar-refractivity contribution in [3.05, 3.63) is 59.2 Å². The van der Waals surface area contributed by atoms with Crippen molar-refractivity contribution in [2.75, 3.05) is 36.4 Å². The number of hydrogen-bond acceptors (Lipinski definition) is 6. The molecular weight excluding hydrogens is 498 g/mol. The molecule has 2 aromatic carbocycles. The van der Waals surface area contributed by atoms with E-state index in [1.165, 1.54) is 4.90 Å². The van der Waals surface area contributed by atoms with Gasteiger partial charge in [-0.3, -0.25) is 19.2 Å². The van der Waals surface area contributed by atoms with E-state index in [9.17, 15) is 24.3 Å². The Morgan fingerprint density at radius 1 is 0.897 bits per heavy atom. The van der Waals surface area contributed by atoms with Crippen molar-refractivity contribution in [1.82, 2.24) is 4.90 Å². The molecule has 3 rings (SSSR count). The summed E-state index contributed by atoms with van der Waals surface area (Å²) in [6, 6.07) is 12.8. The summed E-state index contributed by atoms with van der Waals surface area (Å²) >= 11 is 0. The number of nitrogens with two attached hydrogens (primary N) is 2. The Labute approximate surface area is 229 Å². The first-order chi connectivity index (χ1) is 18.8. The minimum Gasteiger partial charge on any atom is -0.481 e. The van der Waals surface area contributed by atoms with E-state index >= 15 is 0 Å². The van der Waals surface area contributed by atoms with Gasteiger partial charge in [-0.25, -0.2) is 0 Å². The molecule has 6 N–H and O–H groups in total. The highest BCUT2D eigenvalue weighted by Crippen LogP contribution is 2.30. The highest BCUT2D eigenvalue weighted by Gasteiger charge is 2.32. The van der Waals surface area contributed by atoms with Gasteiger partial charge in [0.15, 0.2) is 0 Å². The molecule has 39 heavy (non-hydrogen) atoms. The second-order valence-electron chi connectivity index (χ2n) is 9.80. The molecule has 0 saturated heterocycles. The normalized spacial score (nSPS) is 13.3. The number of aryl methyl sites for hydroxylation is 1. The van der Waals surface area contributed by atoms with Crippen molar-refractivity contribution in [2.24, 2.45) is 11.5 Å². The molecule has 0 saturated carbocycles. The number of aliphatic carboxylic acids is 1. The van der Waals surface area contributed by atoms with E-state index < -0.39 is 5.97 Å². The Morgan fingerprint density at radius 2 is 1.67 bits per heavy atom. The maximum Gasteiger partial charge on any atom is 0.305 e. The zero-order valence-corrected chi connectivity index (χ0v) is 22.4. The largest absolute Gasteiger partial charge is 0.481 e. The molecule has 1 heterocycles. The number of carboxylic acids is 1. The molecule has 0 atom stereocenters. The third kappa shape index (κ3) is 8.90. The highest BCUT2D eigenvalue weighted by molar-refractivity contribution is 6.09. The zero-order valence-electron chi connectivity index (χ0n) is 22.4. The van der Waals surface area contributed by atoms with Crippen LogP contribution < -0.4 is 21.7 Å². The van der Waals surface area contributed by atoms with E-state index in [1.54, 1.807) is 29.2 Å². The molecule has 0 fully saturated rings. The Kier molecular flexibility index (Phi) is 11.4. The van der Waals surface area contributed by atoms with E-state index in [2.05, 4.69) is 5.32 Å². The summed E-state index contributed by atoms with van der Waals surface area (Å²) < 4.78 is 0. The lowest BCUT2D eigenvalue weighted by atomic mass is 10.0. The lowest BCUT2D eigenvalue weighted by Gasteiger charge is -2.23. The van der Waals surface area contributed by atoms with Crippen LogP contribution in [0.1, 0.15) is 66.4 Å². The first kappa shape index (κ1) is 29.8. The van der Waals surface area contributed by atoms with Gasteiger partial charge in [0.2, 0.25) is 11.8 Å². The fourth-order valence-corrected chi connectivity index (χ4v) is 4.60. The summed E-state index contributed by atoms with van der Waals surface area (Å²) in [5, 5.41) is 12.0. The highest BCUT2D eigenvalue weighted by atomic mass is 16.4. The number of nitrogens with zero attached hydrogens (tertiary/aromatic N) is 2. The molecule has 0 aliphatic carbocycles. The van der Waals surface area contributed by atoms with Gasteiger partial charge in [-0.15, -0.1) is 0 Å². The first-order valence-corrected chi connectivity index (χ1v) is 13.6. The maximum absolute atomic E-state index is 13.5. The van der Waals surface area contributed by atoms with Crippen LogP contribution in [0.2, 0.25) is 0 Å². The van der Waals surface area contributed by atoms with Crippen LogP contribution in [0.5, 0.6) is 0 Å². The second-order valence-corrected chi connectivity index (χ2v) is 9.80. The van der Waals surface area contributed by atoms with Crippen molar-refractivity contribution >= 4 is 35.1 Å². The number of amides is 3. The molecule has 210 valence electrons. The number of fused-ring (bicyclic) bond motifs is 1. The Balaban J connectivity index is 1.86. The molecule has 1 aliphatic heterocycles. The average Bonchev–Trinajstić information content (AvgIpc) is 3.01. The molecule has 10 nitrogen and oxygen atoms in total. The molecule has 0 spiro atoms. The SMILES string of the molecule is NCCCCCCc1ccc2c(c1)C(=O)N(CCC(=O)O)CC(=O)N2Cc1cccc(NC(=O)CCCN)c1. The van der Waals surface area contributed by atoms with Crippen LogP contribution in [-0.4, -0.2) is 59.9 Å². The monoisotopic (exact) mass is 537 g/mol. The minimum atomic E-state index is -1.03. The van der Waals surface area contributed by atoms with Gasteiger partial charge < -0.3 is 31.7 Å². The van der Waals surface area contributed by atoms with Gasteiger partial charge in [-0.1, -0.05) is 31.0 Å². The quantitative estimate of drug-likeness (QED) is 0.254. The second kappa shape index (κ2) is 15.0. The van der Waals surface area contributed by atoms with E-state index in [1.807, 2.05) is 18.2 Å². The standard InChI is InChI=1S/C29H39N5O5/c30-14-4-2-1-3-7-21-11-12-25-24(18-21)29(39)33(16-13-28(37)38)20-27(36)34(25)19-22-8-5-9-23(17-22)32-26(35)10-6-15-31/h5,8-9,11-12,17-18H,1-4,6-7,10,13-16,19-20,30-31H2,(H,32,35)(H,37,38). The molecule has 0 aromatic heterocycles. The van der Waals surface area contributed by atoms with Crippen LogP contribution in [0, 0.1) is 0 Å². The van der Waals surface area contributed by atoms with Gasteiger partial charge in [0.1, 0.15) is 6.54 Å². The van der Waals surface area contributed by atoms with Gasteiger partial charge in [0.05, 0.1) is 24.2 Å². The molecule has 3 amide bonds. The Hall–Kier alpha value is -3.76. The van der Waals surface area contributed by atoms with Crippen molar-refractivity contribution < 1.29 is 24.3 Å². The van der Waals surface area contributed by atoms with Crippen LogP contribution in [0.15, 0.2) is 42.5 Å². The van der Waals surface area contributed by atoms with Crippen molar-refractivity contribution in [2.45, 2.75) is 57.9 Å². The maximum atomic E-state index is 13.5. The first-order valence-electron chi connectivity index (χ1n) is 13.6. The summed E-state index contributed by atoms with van der Waals surface area (Å²) in [5.74, 6) is -1.83. The molecule has 0 radical (unpaired) electrons. The molecule has 1 aliphatic rings. The third-order valence-corrected chi connectivity index (χ3v) is 6.67. The van der Waals surface area contributed by atoms with Gasteiger partial charge >= 0.3 is 5.97 Å². The van der Waals surface area contributed by atoms with Crippen LogP contribution in [0.3, 0.4) is 0 Å². The average molecular weight is 538 g/mol. The van der Waals surface area contributed by atoms with Crippen LogP contribution >= 0.6 is 0 Å². The van der Waals surface area contributed by atoms with E-state index in [0.717, 1.165) is 43.2 Å². The summed E-state index contributed by atoms with van der Waals surface area (Å²) in [6.45, 7) is 1.03. The number of carbonyl (C=O) groups is 4. The number of hydrogen-bond donors (Lipinski definition) is 4. The zero-order chi connectivity index (χ0) is 28.2. The van der Waals surface area contributed by atoms with Gasteiger partial charge in [0.25, 0.3) is 5.91 Å². The van der Waals surface area contributed by atoms with Gasteiger partial charge in [-0.05, 0) is 74.2 Å². The molecule has 0 bridgehead atoms. The summed E-state index contributed by atoms with van der Waals surface area (Å²) in [4.78, 5) is 53.2. The Morgan fingerprint density at radius 3 is 2.41 bits per heavy atom.